The van der Waals surface area contributed by atoms with Gasteiger partial charge in [0.1, 0.15) is 24.6 Å². The summed E-state index contributed by atoms with van der Waals surface area (Å²) in [7, 11) is 0. The molecular formula is C20H15N7O6S. The highest BCUT2D eigenvalue weighted by Crippen LogP contribution is 2.47. The summed E-state index contributed by atoms with van der Waals surface area (Å²) in [6.45, 7) is -0.249. The summed E-state index contributed by atoms with van der Waals surface area (Å²) in [6.07, 6.45) is 3.89. The number of hydrazine groups is 1. The predicted molar refractivity (Wildman–Crippen MR) is 120 cm³/mol. The first-order chi connectivity index (χ1) is 16.3. The van der Waals surface area contributed by atoms with E-state index >= 15 is 0 Å². The molecule has 1 unspecified atom stereocenters. The van der Waals surface area contributed by atoms with Crippen LogP contribution in [0.5, 0.6) is 0 Å². The third-order valence-electron chi connectivity index (χ3n) is 4.74. The monoisotopic (exact) mass is 481 g/mol. The number of hydrogen-bond donors (Lipinski definition) is 1. The number of nitro benzene ring substituents is 2. The molecule has 1 atom stereocenters. The van der Waals surface area contributed by atoms with Gasteiger partial charge in [-0.05, 0) is 18.2 Å². The Balaban J connectivity index is 1.72. The maximum atomic E-state index is 13.2. The van der Waals surface area contributed by atoms with Crippen LogP contribution in [0.2, 0.25) is 0 Å². The van der Waals surface area contributed by atoms with Gasteiger partial charge in [0.2, 0.25) is 0 Å². The first kappa shape index (κ1) is 22.6. The maximum absolute atomic E-state index is 13.2. The molecule has 0 aliphatic carbocycles. The maximum Gasteiger partial charge on any atom is 0.280 e. The molecule has 0 radical (unpaired) electrons. The molecule has 1 N–H and O–H groups in total. The fourth-order valence-corrected chi connectivity index (χ4v) is 4.48. The Morgan fingerprint density at radius 3 is 2.44 bits per heavy atom. The lowest BCUT2D eigenvalue weighted by atomic mass is 10.1. The third kappa shape index (κ3) is 4.61. The first-order valence-corrected chi connectivity index (χ1v) is 10.5. The Labute approximate surface area is 195 Å². The summed E-state index contributed by atoms with van der Waals surface area (Å²) >= 11 is 0.938. The van der Waals surface area contributed by atoms with Crippen molar-refractivity contribution in [1.82, 2.24) is 25.2 Å². The molecule has 0 spiro atoms. The number of amides is 2. The number of hydrogen-bond acceptors (Lipinski definition) is 9. The Morgan fingerprint density at radius 1 is 1.09 bits per heavy atom. The summed E-state index contributed by atoms with van der Waals surface area (Å²) in [5.41, 5.74) is 2.38. The fraction of sp³-hybridized carbons (Fsp3) is 0.100. The van der Waals surface area contributed by atoms with Crippen molar-refractivity contribution in [3.8, 4) is 0 Å². The fourth-order valence-electron chi connectivity index (χ4n) is 3.27. The number of benzene rings is 2. The molecule has 1 saturated heterocycles. The average Bonchev–Trinajstić information content (AvgIpc) is 3.43. The SMILES string of the molecule is O=C(Cn1cncn1)NN1C(=O)/C(=C/c2ccccc2[N+](=O)[O-])SC1c1ccccc1[N+](=O)[O-]. The smallest absolute Gasteiger partial charge is 0.271 e. The molecule has 1 aromatic heterocycles. The molecule has 14 heteroatoms. The van der Waals surface area contributed by atoms with Crippen molar-refractivity contribution < 1.29 is 19.4 Å². The molecule has 1 aliphatic rings. The zero-order chi connectivity index (χ0) is 24.2. The molecule has 0 saturated carbocycles. The summed E-state index contributed by atoms with van der Waals surface area (Å²) in [5, 5.41) is 26.8. The highest BCUT2D eigenvalue weighted by atomic mass is 32.2. The van der Waals surface area contributed by atoms with Gasteiger partial charge in [-0.15, -0.1) is 0 Å². The lowest BCUT2D eigenvalue weighted by Gasteiger charge is -2.23. The molecule has 2 heterocycles. The zero-order valence-corrected chi connectivity index (χ0v) is 18.0. The van der Waals surface area contributed by atoms with Crippen LogP contribution in [-0.4, -0.2) is 41.4 Å². The highest BCUT2D eigenvalue weighted by molar-refractivity contribution is 8.04. The minimum atomic E-state index is -0.984. The topological polar surface area (TPSA) is 166 Å². The van der Waals surface area contributed by atoms with Crippen LogP contribution in [-0.2, 0) is 16.1 Å². The minimum Gasteiger partial charge on any atom is -0.271 e. The van der Waals surface area contributed by atoms with Crippen molar-refractivity contribution in [3.05, 3.63) is 97.4 Å². The van der Waals surface area contributed by atoms with Crippen molar-refractivity contribution >= 4 is 41.0 Å². The summed E-state index contributed by atoms with van der Waals surface area (Å²) in [6, 6.07) is 11.7. The Bertz CT molecular complexity index is 1310. The largest absolute Gasteiger partial charge is 0.280 e. The summed E-state index contributed by atoms with van der Waals surface area (Å²) in [5.74, 6) is -1.28. The van der Waals surface area contributed by atoms with Gasteiger partial charge in [-0.1, -0.05) is 36.0 Å². The van der Waals surface area contributed by atoms with Crippen molar-refractivity contribution in [2.75, 3.05) is 0 Å². The van der Waals surface area contributed by atoms with E-state index in [2.05, 4.69) is 15.5 Å². The van der Waals surface area contributed by atoms with Gasteiger partial charge in [0, 0.05) is 12.1 Å². The first-order valence-electron chi connectivity index (χ1n) is 9.65. The second-order valence-corrected chi connectivity index (χ2v) is 8.04. The van der Waals surface area contributed by atoms with E-state index in [1.165, 1.54) is 59.8 Å². The van der Waals surface area contributed by atoms with Crippen molar-refractivity contribution in [2.24, 2.45) is 0 Å². The molecule has 2 aromatic carbocycles. The Morgan fingerprint density at radius 2 is 1.76 bits per heavy atom. The Kier molecular flexibility index (Phi) is 6.31. The standard InChI is InChI=1S/C20H15N7O6S/c28-18(10-24-12-21-11-22-24)23-25-19(29)17(9-13-5-1-3-7-15(13)26(30)31)34-20(25)14-6-2-4-8-16(14)27(32)33/h1-9,11-12,20H,10H2,(H,23,28)/b17-9-. The van der Waals surface area contributed by atoms with Crippen molar-refractivity contribution in [3.63, 3.8) is 0 Å². The van der Waals surface area contributed by atoms with E-state index in [1.807, 2.05) is 0 Å². The van der Waals surface area contributed by atoms with Crippen molar-refractivity contribution in [1.29, 1.82) is 0 Å². The molecular weight excluding hydrogens is 466 g/mol. The zero-order valence-electron chi connectivity index (χ0n) is 17.2. The van der Waals surface area contributed by atoms with Gasteiger partial charge in [-0.25, -0.2) is 14.7 Å². The van der Waals surface area contributed by atoms with Gasteiger partial charge in [0.05, 0.1) is 25.9 Å². The molecule has 172 valence electrons. The van der Waals surface area contributed by atoms with Crippen LogP contribution in [0, 0.1) is 20.2 Å². The van der Waals surface area contributed by atoms with Gasteiger partial charge in [0.15, 0.2) is 0 Å². The molecule has 2 amide bonds. The van der Waals surface area contributed by atoms with Crippen LogP contribution in [0.1, 0.15) is 16.5 Å². The molecule has 34 heavy (non-hydrogen) atoms. The number of thioether (sulfide) groups is 1. The molecule has 0 bridgehead atoms. The number of nitrogens with one attached hydrogen (secondary N) is 1. The van der Waals surface area contributed by atoms with Gasteiger partial charge in [-0.3, -0.25) is 35.2 Å². The van der Waals surface area contributed by atoms with Crippen LogP contribution in [0.4, 0.5) is 11.4 Å². The van der Waals surface area contributed by atoms with Crippen LogP contribution in [0.3, 0.4) is 0 Å². The van der Waals surface area contributed by atoms with E-state index in [-0.39, 0.29) is 34.0 Å². The number of rotatable bonds is 7. The molecule has 13 nitrogen and oxygen atoms in total. The van der Waals surface area contributed by atoms with Crippen LogP contribution < -0.4 is 5.43 Å². The van der Waals surface area contributed by atoms with E-state index in [0.29, 0.717) is 0 Å². The van der Waals surface area contributed by atoms with E-state index in [4.69, 9.17) is 0 Å². The number of aromatic nitrogens is 3. The van der Waals surface area contributed by atoms with E-state index in [9.17, 15) is 29.8 Å². The molecule has 1 fully saturated rings. The number of nitro groups is 2. The highest BCUT2D eigenvalue weighted by Gasteiger charge is 2.41. The van der Waals surface area contributed by atoms with Crippen LogP contribution in [0.15, 0.2) is 66.1 Å². The van der Waals surface area contributed by atoms with Crippen molar-refractivity contribution in [2.45, 2.75) is 11.9 Å². The van der Waals surface area contributed by atoms with Gasteiger partial charge >= 0.3 is 0 Å². The average molecular weight is 481 g/mol. The number of carbonyl (C=O) groups is 2. The predicted octanol–water partition coefficient (Wildman–Crippen LogP) is 2.44. The third-order valence-corrected chi connectivity index (χ3v) is 5.97. The van der Waals surface area contributed by atoms with Gasteiger partial charge < -0.3 is 0 Å². The molecule has 1 aliphatic heterocycles. The van der Waals surface area contributed by atoms with E-state index in [1.54, 1.807) is 12.1 Å². The summed E-state index contributed by atoms with van der Waals surface area (Å²) < 4.78 is 1.24. The second kappa shape index (κ2) is 9.50. The summed E-state index contributed by atoms with van der Waals surface area (Å²) in [4.78, 5) is 51.4. The second-order valence-electron chi connectivity index (χ2n) is 6.91. The normalized spacial score (nSPS) is 16.6. The van der Waals surface area contributed by atoms with Crippen LogP contribution >= 0.6 is 11.8 Å². The van der Waals surface area contributed by atoms with Crippen LogP contribution in [0.25, 0.3) is 6.08 Å². The van der Waals surface area contributed by atoms with E-state index < -0.39 is 27.0 Å². The number of para-hydroxylation sites is 2. The quantitative estimate of drug-likeness (QED) is 0.303. The van der Waals surface area contributed by atoms with E-state index in [0.717, 1.165) is 16.8 Å². The molecule has 3 aromatic rings. The minimum absolute atomic E-state index is 0.0681. The van der Waals surface area contributed by atoms with Gasteiger partial charge in [0.25, 0.3) is 23.2 Å². The lowest BCUT2D eigenvalue weighted by Crippen LogP contribution is -2.45. The molecule has 4 rings (SSSR count). The number of carbonyl (C=O) groups excluding carboxylic acids is 2. The lowest BCUT2D eigenvalue weighted by molar-refractivity contribution is -0.385. The Hall–Kier alpha value is -4.59. The number of nitrogens with zero attached hydrogens (tertiary/aromatic N) is 6. The van der Waals surface area contributed by atoms with Gasteiger partial charge in [-0.2, -0.15) is 5.10 Å².